The van der Waals surface area contributed by atoms with Gasteiger partial charge in [0.25, 0.3) is 0 Å². The molecule has 36 heavy (non-hydrogen) atoms. The summed E-state index contributed by atoms with van der Waals surface area (Å²) in [7, 11) is -3.61. The van der Waals surface area contributed by atoms with Crippen LogP contribution in [-0.4, -0.2) is 57.1 Å². The molecule has 2 rings (SSSR count). The van der Waals surface area contributed by atoms with E-state index in [0.717, 1.165) is 23.8 Å². The van der Waals surface area contributed by atoms with Gasteiger partial charge in [0.1, 0.15) is 11.8 Å². The Labute approximate surface area is 215 Å². The summed E-state index contributed by atoms with van der Waals surface area (Å²) in [6, 6.07) is 14.1. The van der Waals surface area contributed by atoms with Crippen LogP contribution in [0.5, 0.6) is 5.75 Å². The average Bonchev–Trinajstić information content (AvgIpc) is 2.84. The van der Waals surface area contributed by atoms with Gasteiger partial charge in [0.05, 0.1) is 18.6 Å². The molecule has 0 heterocycles. The quantitative estimate of drug-likeness (QED) is 0.410. The minimum absolute atomic E-state index is 0.0973. The highest BCUT2D eigenvalue weighted by Crippen LogP contribution is 2.30. The Balaban J connectivity index is 2.20. The molecule has 0 radical (unpaired) electrons. The highest BCUT2D eigenvalue weighted by Gasteiger charge is 2.27. The molecule has 0 aliphatic heterocycles. The zero-order valence-electron chi connectivity index (χ0n) is 22.0. The van der Waals surface area contributed by atoms with E-state index in [4.69, 9.17) is 4.74 Å². The summed E-state index contributed by atoms with van der Waals surface area (Å²) in [5, 5.41) is 2.87. The number of para-hydroxylation sites is 2. The molecule has 0 saturated carbocycles. The van der Waals surface area contributed by atoms with Gasteiger partial charge < -0.3 is 15.0 Å². The summed E-state index contributed by atoms with van der Waals surface area (Å²) in [6.45, 7) is 8.86. The van der Waals surface area contributed by atoms with E-state index in [0.29, 0.717) is 37.6 Å². The van der Waals surface area contributed by atoms with Crippen LogP contribution in [0.1, 0.15) is 51.2 Å². The number of sulfonamides is 1. The number of nitrogens with zero attached hydrogens (tertiary/aromatic N) is 2. The third-order valence-electron chi connectivity index (χ3n) is 5.90. The first-order chi connectivity index (χ1) is 17.1. The number of ether oxygens (including phenoxy) is 1. The zero-order chi connectivity index (χ0) is 26.7. The molecule has 0 spiro atoms. The molecule has 0 aromatic heterocycles. The van der Waals surface area contributed by atoms with E-state index in [1.807, 2.05) is 45.0 Å². The van der Waals surface area contributed by atoms with Gasteiger partial charge in [-0.3, -0.25) is 13.9 Å². The molecule has 1 atom stereocenters. The predicted molar refractivity (Wildman–Crippen MR) is 144 cm³/mol. The zero-order valence-corrected chi connectivity index (χ0v) is 22.8. The fourth-order valence-electron chi connectivity index (χ4n) is 3.87. The number of carbonyl (C=O) groups is 2. The molecule has 0 aliphatic rings. The van der Waals surface area contributed by atoms with Crippen molar-refractivity contribution in [3.8, 4) is 5.75 Å². The average molecular weight is 518 g/mol. The van der Waals surface area contributed by atoms with Gasteiger partial charge in [-0.25, -0.2) is 8.42 Å². The van der Waals surface area contributed by atoms with Crippen LogP contribution in [0.4, 0.5) is 5.69 Å². The first-order valence-corrected chi connectivity index (χ1v) is 14.3. The minimum atomic E-state index is -3.61. The van der Waals surface area contributed by atoms with Crippen molar-refractivity contribution in [2.24, 2.45) is 0 Å². The van der Waals surface area contributed by atoms with Gasteiger partial charge in [0, 0.05) is 26.1 Å². The largest absolute Gasteiger partial charge is 0.492 e. The monoisotopic (exact) mass is 517 g/mol. The molecule has 2 amide bonds. The van der Waals surface area contributed by atoms with Gasteiger partial charge in [0.2, 0.25) is 21.8 Å². The molecule has 8 nitrogen and oxygen atoms in total. The van der Waals surface area contributed by atoms with E-state index >= 15 is 0 Å². The summed E-state index contributed by atoms with van der Waals surface area (Å²) in [4.78, 5) is 27.7. The number of amides is 2. The van der Waals surface area contributed by atoms with Crippen LogP contribution in [0.2, 0.25) is 0 Å². The Hall–Kier alpha value is -3.07. The summed E-state index contributed by atoms with van der Waals surface area (Å²) < 4.78 is 32.1. The maximum Gasteiger partial charge on any atom is 0.242 e. The maximum atomic E-state index is 13.4. The molecule has 0 bridgehead atoms. The molecule has 2 aromatic rings. The van der Waals surface area contributed by atoms with Gasteiger partial charge in [-0.05, 0) is 56.9 Å². The van der Waals surface area contributed by atoms with Crippen molar-refractivity contribution in [1.29, 1.82) is 0 Å². The van der Waals surface area contributed by atoms with Crippen LogP contribution in [0.3, 0.4) is 0 Å². The number of carbonyl (C=O) groups excluding carboxylic acids is 2. The van der Waals surface area contributed by atoms with Crippen LogP contribution in [0.15, 0.2) is 48.5 Å². The van der Waals surface area contributed by atoms with Crippen LogP contribution >= 0.6 is 0 Å². The van der Waals surface area contributed by atoms with Crippen molar-refractivity contribution >= 4 is 27.5 Å². The standard InChI is InChI=1S/C27H39N3O5S/c1-6-18-28-27(32)22(4)29(20-23-14-9-8-13-21(23)3)26(31)17-12-19-30(36(5,33)34)24-15-10-11-16-25(24)35-7-2/h8-11,13-16,22H,6-7,12,17-20H2,1-5H3,(H,28,32)/t22-/m0/s1. The topological polar surface area (TPSA) is 96.0 Å². The number of aryl methyl sites for hydroxylation is 1. The van der Waals surface area contributed by atoms with E-state index in [2.05, 4.69) is 5.32 Å². The van der Waals surface area contributed by atoms with Crippen LogP contribution in [0, 0.1) is 6.92 Å². The van der Waals surface area contributed by atoms with Crippen LogP contribution in [0.25, 0.3) is 0 Å². The van der Waals surface area contributed by atoms with Gasteiger partial charge in [-0.2, -0.15) is 0 Å². The summed E-state index contributed by atoms with van der Waals surface area (Å²) >= 11 is 0. The van der Waals surface area contributed by atoms with Gasteiger partial charge in [0.15, 0.2) is 0 Å². The second-order valence-electron chi connectivity index (χ2n) is 8.75. The molecular weight excluding hydrogens is 478 g/mol. The summed E-state index contributed by atoms with van der Waals surface area (Å²) in [5.74, 6) is 0.0604. The van der Waals surface area contributed by atoms with Gasteiger partial charge >= 0.3 is 0 Å². The molecule has 0 unspecified atom stereocenters. The first-order valence-electron chi connectivity index (χ1n) is 12.4. The van der Waals surface area contributed by atoms with Gasteiger partial charge in [-0.1, -0.05) is 43.3 Å². The third kappa shape index (κ3) is 8.26. The number of anilines is 1. The normalized spacial score (nSPS) is 12.0. The SMILES string of the molecule is CCCNC(=O)[C@H](C)N(Cc1ccccc1C)C(=O)CCCN(c1ccccc1OCC)S(C)(=O)=O. The highest BCUT2D eigenvalue weighted by molar-refractivity contribution is 7.92. The lowest BCUT2D eigenvalue weighted by atomic mass is 10.1. The molecule has 0 saturated heterocycles. The van der Waals surface area contributed by atoms with Crippen molar-refractivity contribution in [2.45, 2.75) is 59.5 Å². The molecule has 0 aliphatic carbocycles. The number of rotatable bonds is 14. The van der Waals surface area contributed by atoms with Gasteiger partial charge in [-0.15, -0.1) is 0 Å². The van der Waals surface area contributed by atoms with E-state index in [-0.39, 0.29) is 24.8 Å². The fraction of sp³-hybridized carbons (Fsp3) is 0.481. The molecular formula is C27H39N3O5S. The first kappa shape index (κ1) is 29.2. The van der Waals surface area contributed by atoms with E-state index < -0.39 is 16.1 Å². The fourth-order valence-corrected chi connectivity index (χ4v) is 4.84. The number of nitrogens with one attached hydrogen (secondary N) is 1. The van der Waals surface area contributed by atoms with Crippen molar-refractivity contribution < 1.29 is 22.7 Å². The Kier molecular flexibility index (Phi) is 11.2. The van der Waals surface area contributed by atoms with Crippen LogP contribution < -0.4 is 14.4 Å². The molecule has 0 fully saturated rings. The minimum Gasteiger partial charge on any atom is -0.492 e. The summed E-state index contributed by atoms with van der Waals surface area (Å²) in [6.07, 6.45) is 2.33. The Bertz CT molecular complexity index is 1120. The lowest BCUT2D eigenvalue weighted by Gasteiger charge is -2.30. The number of hydrogen-bond acceptors (Lipinski definition) is 5. The van der Waals surface area contributed by atoms with E-state index in [1.54, 1.807) is 36.1 Å². The van der Waals surface area contributed by atoms with Crippen molar-refractivity contribution in [3.63, 3.8) is 0 Å². The Morgan fingerprint density at radius 2 is 1.72 bits per heavy atom. The van der Waals surface area contributed by atoms with Crippen molar-refractivity contribution in [2.75, 3.05) is 30.3 Å². The molecule has 9 heteroatoms. The van der Waals surface area contributed by atoms with E-state index in [1.165, 1.54) is 4.31 Å². The maximum absolute atomic E-state index is 13.4. The Morgan fingerprint density at radius 1 is 1.06 bits per heavy atom. The third-order valence-corrected chi connectivity index (χ3v) is 7.08. The highest BCUT2D eigenvalue weighted by atomic mass is 32.2. The lowest BCUT2D eigenvalue weighted by molar-refractivity contribution is -0.140. The Morgan fingerprint density at radius 3 is 2.36 bits per heavy atom. The summed E-state index contributed by atoms with van der Waals surface area (Å²) in [5.41, 5.74) is 2.44. The molecule has 1 N–H and O–H groups in total. The molecule has 198 valence electrons. The smallest absolute Gasteiger partial charge is 0.242 e. The second-order valence-corrected chi connectivity index (χ2v) is 10.7. The van der Waals surface area contributed by atoms with Crippen molar-refractivity contribution in [3.05, 3.63) is 59.7 Å². The number of hydrogen-bond donors (Lipinski definition) is 1. The second kappa shape index (κ2) is 13.9. The number of benzene rings is 2. The van der Waals surface area contributed by atoms with Crippen molar-refractivity contribution in [1.82, 2.24) is 10.2 Å². The predicted octanol–water partition coefficient (Wildman–Crippen LogP) is 3.88. The van der Waals surface area contributed by atoms with E-state index in [9.17, 15) is 18.0 Å². The molecule has 2 aromatic carbocycles. The van der Waals surface area contributed by atoms with Crippen LogP contribution in [-0.2, 0) is 26.2 Å². The lowest BCUT2D eigenvalue weighted by Crippen LogP contribution is -2.48.